The van der Waals surface area contributed by atoms with Crippen LogP contribution in [0.2, 0.25) is 45.3 Å². The molecule has 1 nitrogen and oxygen atoms in total. The molecule has 2 rings (SSSR count). The van der Waals surface area contributed by atoms with Crippen molar-refractivity contribution in [3.8, 4) is 0 Å². The average molecular weight is 367 g/mol. The topological polar surface area (TPSA) is 9.23 Å². The van der Waals surface area contributed by atoms with Crippen LogP contribution in [0.1, 0.15) is 52.9 Å². The van der Waals surface area contributed by atoms with Gasteiger partial charge in [-0.25, -0.2) is 0 Å². The maximum Gasteiger partial charge on any atom is 0.184 e. The van der Waals surface area contributed by atoms with Crippen LogP contribution in [0, 0.1) is 17.3 Å². The van der Waals surface area contributed by atoms with Gasteiger partial charge in [-0.1, -0.05) is 52.1 Å². The van der Waals surface area contributed by atoms with E-state index in [0.717, 1.165) is 11.8 Å². The maximum atomic E-state index is 7.05. The molecule has 0 aliphatic heterocycles. The first-order chi connectivity index (χ1) is 10.7. The lowest BCUT2D eigenvalue weighted by Crippen LogP contribution is -2.48. The quantitative estimate of drug-likeness (QED) is 0.381. The first kappa shape index (κ1) is 20.4. The van der Waals surface area contributed by atoms with Crippen molar-refractivity contribution in [2.24, 2.45) is 17.3 Å². The van der Waals surface area contributed by atoms with Gasteiger partial charge in [0.2, 0.25) is 0 Å². The number of allylic oxidation sites excluding steroid dienone is 1. The second kappa shape index (κ2) is 6.70. The zero-order valence-electron chi connectivity index (χ0n) is 17.9. The summed E-state index contributed by atoms with van der Waals surface area (Å²) in [5.74, 6) is 1.55. The second-order valence-electron chi connectivity index (χ2n) is 11.8. The second-order valence-corrected chi connectivity index (χ2v) is 21.7. The highest BCUT2D eigenvalue weighted by atomic mass is 28.4. The fraction of sp³-hybridized carbons (Fsp3) is 0.905. The largest absolute Gasteiger partial charge is 0.412 e. The highest BCUT2D eigenvalue weighted by molar-refractivity contribution is 6.76. The third kappa shape index (κ3) is 5.31. The van der Waals surface area contributed by atoms with Gasteiger partial charge in [0.25, 0.3) is 0 Å². The first-order valence-corrected chi connectivity index (χ1v) is 17.2. The van der Waals surface area contributed by atoms with Crippen molar-refractivity contribution in [3.05, 3.63) is 11.6 Å². The van der Waals surface area contributed by atoms with E-state index >= 15 is 0 Å². The van der Waals surface area contributed by atoms with Gasteiger partial charge in [0.05, 0.1) is 5.60 Å². The maximum absolute atomic E-state index is 7.05. The molecule has 0 aromatic carbocycles. The van der Waals surface area contributed by atoms with Crippen LogP contribution in [-0.2, 0) is 4.43 Å². The molecule has 0 bridgehead atoms. The molecule has 0 saturated heterocycles. The van der Waals surface area contributed by atoms with Crippen molar-refractivity contribution in [1.82, 2.24) is 0 Å². The molecule has 3 atom stereocenters. The van der Waals surface area contributed by atoms with Crippen molar-refractivity contribution in [2.75, 3.05) is 0 Å². The fourth-order valence-corrected chi connectivity index (χ4v) is 8.30. The van der Waals surface area contributed by atoms with Gasteiger partial charge in [-0.05, 0) is 75.0 Å². The predicted octanol–water partition coefficient (Wildman–Crippen LogP) is 7.10. The third-order valence-electron chi connectivity index (χ3n) is 5.89. The molecule has 0 unspecified atom stereocenters. The molecule has 2 aliphatic carbocycles. The van der Waals surface area contributed by atoms with Crippen LogP contribution in [0.15, 0.2) is 11.6 Å². The fourth-order valence-electron chi connectivity index (χ4n) is 5.13. The van der Waals surface area contributed by atoms with Gasteiger partial charge in [-0.15, -0.1) is 0 Å². The Kier molecular flexibility index (Phi) is 5.71. The van der Waals surface area contributed by atoms with E-state index < -0.39 is 16.4 Å². The molecule has 3 heteroatoms. The smallest absolute Gasteiger partial charge is 0.184 e. The van der Waals surface area contributed by atoms with Crippen molar-refractivity contribution in [2.45, 2.75) is 104 Å². The van der Waals surface area contributed by atoms with E-state index in [1.807, 2.05) is 0 Å². The summed E-state index contributed by atoms with van der Waals surface area (Å²) in [6.45, 7) is 22.1. The van der Waals surface area contributed by atoms with E-state index in [1.54, 1.807) is 5.57 Å². The van der Waals surface area contributed by atoms with E-state index in [4.69, 9.17) is 4.43 Å². The predicted molar refractivity (Wildman–Crippen MR) is 113 cm³/mol. The summed E-state index contributed by atoms with van der Waals surface area (Å²) in [5, 5.41) is 0. The lowest BCUT2D eigenvalue weighted by atomic mass is 9.69. The highest BCUT2D eigenvalue weighted by Gasteiger charge is 2.51. The summed E-state index contributed by atoms with van der Waals surface area (Å²) in [7, 11) is -2.65. The molecule has 0 aromatic heterocycles. The van der Waals surface area contributed by atoms with Crippen LogP contribution >= 0.6 is 0 Å². The molecule has 0 N–H and O–H groups in total. The van der Waals surface area contributed by atoms with E-state index in [2.05, 4.69) is 66.1 Å². The summed E-state index contributed by atoms with van der Waals surface area (Å²) in [5.41, 5.74) is 2.26. The minimum Gasteiger partial charge on any atom is -0.412 e. The number of hydrogen-bond donors (Lipinski definition) is 0. The van der Waals surface area contributed by atoms with E-state index in [1.165, 1.54) is 38.1 Å². The van der Waals surface area contributed by atoms with Gasteiger partial charge >= 0.3 is 0 Å². The van der Waals surface area contributed by atoms with Crippen LogP contribution in [0.25, 0.3) is 0 Å². The monoisotopic (exact) mass is 366 g/mol. The molecule has 1 saturated carbocycles. The molecule has 0 spiro atoms. The Labute approximate surface area is 153 Å². The molecule has 0 heterocycles. The number of fused-ring (bicyclic) bond motifs is 1. The van der Waals surface area contributed by atoms with E-state index in [-0.39, 0.29) is 5.60 Å². The highest BCUT2D eigenvalue weighted by Crippen LogP contribution is 2.54. The van der Waals surface area contributed by atoms with Crippen molar-refractivity contribution in [3.63, 3.8) is 0 Å². The van der Waals surface area contributed by atoms with Crippen LogP contribution < -0.4 is 0 Å². The summed E-state index contributed by atoms with van der Waals surface area (Å²) >= 11 is 0. The van der Waals surface area contributed by atoms with Gasteiger partial charge in [0.1, 0.15) is 0 Å². The Bertz CT molecular complexity index is 481. The van der Waals surface area contributed by atoms with Gasteiger partial charge < -0.3 is 4.43 Å². The number of rotatable bonds is 4. The Balaban J connectivity index is 2.42. The molecule has 1 fully saturated rings. The van der Waals surface area contributed by atoms with Gasteiger partial charge in [-0.3, -0.25) is 0 Å². The summed E-state index contributed by atoms with van der Waals surface area (Å²) in [6.07, 6.45) is 9.04. The Hall–Kier alpha value is 0.134. The SMILES string of the molecule is C[C@H]1CC[C@@]2(O[Si](C)(C)C)C/C(C[Si](C)(C)C)=C\CC(C)(C)C[C@H]12. The molecule has 0 amide bonds. The van der Waals surface area contributed by atoms with E-state index in [0.29, 0.717) is 5.41 Å². The zero-order chi connectivity index (χ0) is 18.4. The van der Waals surface area contributed by atoms with Crippen molar-refractivity contribution in [1.29, 1.82) is 0 Å². The van der Waals surface area contributed by atoms with Crippen LogP contribution in [0.5, 0.6) is 0 Å². The van der Waals surface area contributed by atoms with E-state index in [9.17, 15) is 0 Å². The summed E-state index contributed by atoms with van der Waals surface area (Å²) in [6, 6.07) is 1.35. The van der Waals surface area contributed by atoms with Crippen molar-refractivity contribution < 1.29 is 4.43 Å². The lowest BCUT2D eigenvalue weighted by molar-refractivity contribution is -0.00883. The summed E-state index contributed by atoms with van der Waals surface area (Å²) in [4.78, 5) is 0. The van der Waals surface area contributed by atoms with Gasteiger partial charge in [0, 0.05) is 8.07 Å². The molecule has 2 aliphatic rings. The standard InChI is InChI=1S/C21H42OSi2/c1-17-10-13-21(22-24(7,8)9)14-18(16-23(4,5)6)11-12-20(2,3)15-19(17)21/h11,17,19H,10,12-16H2,1-9H3/b18-11+/t17-,19+,21+/m0/s1. The third-order valence-corrected chi connectivity index (χ3v) is 8.43. The summed E-state index contributed by atoms with van der Waals surface area (Å²) < 4.78 is 7.05. The first-order valence-electron chi connectivity index (χ1n) is 10.1. The molecular formula is C21H42OSi2. The van der Waals surface area contributed by atoms with Crippen LogP contribution in [0.3, 0.4) is 0 Å². The minimum atomic E-state index is -1.56. The zero-order valence-corrected chi connectivity index (χ0v) is 19.9. The number of hydrogen-bond acceptors (Lipinski definition) is 1. The lowest BCUT2D eigenvalue weighted by Gasteiger charge is -2.47. The normalized spacial score (nSPS) is 36.5. The van der Waals surface area contributed by atoms with Crippen molar-refractivity contribution >= 4 is 16.4 Å². The Morgan fingerprint density at radius 2 is 1.75 bits per heavy atom. The molecule has 0 radical (unpaired) electrons. The minimum absolute atomic E-state index is 0.132. The average Bonchev–Trinajstić information content (AvgIpc) is 2.60. The van der Waals surface area contributed by atoms with Gasteiger partial charge in [-0.2, -0.15) is 0 Å². The van der Waals surface area contributed by atoms with Crippen LogP contribution in [-0.4, -0.2) is 22.0 Å². The molecule has 24 heavy (non-hydrogen) atoms. The molecule has 140 valence electrons. The Morgan fingerprint density at radius 1 is 1.12 bits per heavy atom. The van der Waals surface area contributed by atoms with Crippen LogP contribution in [0.4, 0.5) is 0 Å². The molecular weight excluding hydrogens is 324 g/mol. The Morgan fingerprint density at radius 3 is 2.29 bits per heavy atom. The van der Waals surface area contributed by atoms with Gasteiger partial charge in [0.15, 0.2) is 8.32 Å². The molecule has 0 aromatic rings.